The molecule has 6 heteroatoms. The number of carbonyl (C=O) groups is 1. The molecule has 0 bridgehead atoms. The third kappa shape index (κ3) is 6.72. The van der Waals surface area contributed by atoms with Crippen LogP contribution in [0.4, 0.5) is 0 Å². The van der Waals surface area contributed by atoms with Gasteiger partial charge in [-0.1, -0.05) is 84.4 Å². The topological polar surface area (TPSA) is 41.1 Å². The smallest absolute Gasteiger partial charge is 0.245 e. The predicted octanol–water partition coefficient (Wildman–Crippen LogP) is 4.43. The molecule has 1 aliphatic rings. The second kappa shape index (κ2) is 8.93. The summed E-state index contributed by atoms with van der Waals surface area (Å²) in [6.07, 6.45) is 8.08. The van der Waals surface area contributed by atoms with Crippen molar-refractivity contribution in [2.75, 3.05) is 0 Å². The van der Waals surface area contributed by atoms with Gasteiger partial charge in [-0.25, -0.2) is 0 Å². The van der Waals surface area contributed by atoms with Gasteiger partial charge in [0, 0.05) is 12.1 Å². The maximum atomic E-state index is 12.1. The van der Waals surface area contributed by atoms with E-state index in [1.807, 2.05) is 30.3 Å². The van der Waals surface area contributed by atoms with Gasteiger partial charge in [-0.15, -0.1) is 0 Å². The zero-order valence-electron chi connectivity index (χ0n) is 12.8. The Morgan fingerprint density at radius 2 is 1.78 bits per heavy atom. The number of hydrogen-bond acceptors (Lipinski definition) is 2. The van der Waals surface area contributed by atoms with E-state index in [1.165, 1.54) is 12.5 Å². The monoisotopic (exact) mass is 374 g/mol. The molecule has 0 unspecified atom stereocenters. The highest BCUT2D eigenvalue weighted by Gasteiger charge is 2.35. The van der Waals surface area contributed by atoms with E-state index in [9.17, 15) is 4.79 Å². The van der Waals surface area contributed by atoms with Crippen molar-refractivity contribution in [3.8, 4) is 0 Å². The number of alkyl halides is 3. The Morgan fingerprint density at radius 1 is 1.13 bits per heavy atom. The van der Waals surface area contributed by atoms with Gasteiger partial charge in [0.2, 0.25) is 9.70 Å². The van der Waals surface area contributed by atoms with Gasteiger partial charge in [0.25, 0.3) is 0 Å². The van der Waals surface area contributed by atoms with E-state index in [1.54, 1.807) is 6.08 Å². The summed E-state index contributed by atoms with van der Waals surface area (Å²) in [6.45, 7) is 0. The largest absolute Gasteiger partial charge is 0.333 e. The van der Waals surface area contributed by atoms with Gasteiger partial charge in [-0.3, -0.25) is 10.1 Å². The molecule has 0 aromatic heterocycles. The molecule has 3 nitrogen and oxygen atoms in total. The molecule has 1 amide bonds. The molecule has 2 N–H and O–H groups in total. The normalized spacial score (nSPS) is 18.0. The minimum Gasteiger partial charge on any atom is -0.333 e. The average molecular weight is 376 g/mol. The van der Waals surface area contributed by atoms with Crippen LogP contribution in [-0.4, -0.2) is 21.9 Å². The number of hydrogen-bond donors (Lipinski definition) is 2. The van der Waals surface area contributed by atoms with Crippen LogP contribution in [-0.2, 0) is 4.79 Å². The van der Waals surface area contributed by atoms with Crippen LogP contribution in [0.5, 0.6) is 0 Å². The first-order valence-corrected chi connectivity index (χ1v) is 8.95. The van der Waals surface area contributed by atoms with E-state index < -0.39 is 9.96 Å². The molecule has 0 heterocycles. The number of benzene rings is 1. The lowest BCUT2D eigenvalue weighted by Crippen LogP contribution is -2.56. The third-order valence-corrected chi connectivity index (χ3v) is 4.50. The highest BCUT2D eigenvalue weighted by molar-refractivity contribution is 6.68. The van der Waals surface area contributed by atoms with Gasteiger partial charge < -0.3 is 5.32 Å². The summed E-state index contributed by atoms with van der Waals surface area (Å²) in [6, 6.07) is 9.83. The fraction of sp³-hybridized carbons (Fsp3) is 0.471. The third-order valence-electron chi connectivity index (χ3n) is 3.85. The van der Waals surface area contributed by atoms with Gasteiger partial charge >= 0.3 is 0 Å². The summed E-state index contributed by atoms with van der Waals surface area (Å²) in [5.74, 6) is -0.298. The van der Waals surface area contributed by atoms with Crippen LogP contribution in [0.15, 0.2) is 36.4 Å². The van der Waals surface area contributed by atoms with E-state index in [2.05, 4.69) is 10.6 Å². The summed E-state index contributed by atoms with van der Waals surface area (Å²) >= 11 is 18.0. The Kier molecular flexibility index (Phi) is 7.22. The van der Waals surface area contributed by atoms with Crippen molar-refractivity contribution in [1.82, 2.24) is 10.6 Å². The van der Waals surface area contributed by atoms with Crippen LogP contribution in [0.3, 0.4) is 0 Å². The molecular formula is C17H21Cl3N2O. The molecule has 1 saturated carbocycles. The number of nitrogens with one attached hydrogen (secondary N) is 2. The highest BCUT2D eigenvalue weighted by atomic mass is 35.6. The van der Waals surface area contributed by atoms with Gasteiger partial charge in [0.05, 0.1) is 0 Å². The lowest BCUT2D eigenvalue weighted by Gasteiger charge is -2.32. The first-order chi connectivity index (χ1) is 10.9. The quantitative estimate of drug-likeness (QED) is 0.454. The molecule has 1 aromatic rings. The van der Waals surface area contributed by atoms with Gasteiger partial charge in [0.15, 0.2) is 0 Å². The molecule has 1 fully saturated rings. The van der Waals surface area contributed by atoms with E-state index in [4.69, 9.17) is 34.8 Å². The van der Waals surface area contributed by atoms with E-state index in [0.717, 1.165) is 31.2 Å². The minimum absolute atomic E-state index is 0.266. The number of carbonyl (C=O) groups excluding carboxylic acids is 1. The molecule has 2 rings (SSSR count). The molecule has 1 aliphatic carbocycles. The van der Waals surface area contributed by atoms with Crippen LogP contribution in [0, 0.1) is 0 Å². The number of rotatable bonds is 5. The minimum atomic E-state index is -1.60. The summed E-state index contributed by atoms with van der Waals surface area (Å²) in [4.78, 5) is 12.1. The fourth-order valence-corrected chi connectivity index (χ4v) is 3.00. The maximum absolute atomic E-state index is 12.1. The second-order valence-corrected chi connectivity index (χ2v) is 8.10. The summed E-state index contributed by atoms with van der Waals surface area (Å²) in [5.41, 5.74) is 0.938. The zero-order chi connectivity index (χ0) is 16.7. The molecule has 23 heavy (non-hydrogen) atoms. The van der Waals surface area contributed by atoms with Crippen molar-refractivity contribution in [2.24, 2.45) is 0 Å². The van der Waals surface area contributed by atoms with Crippen LogP contribution in [0.1, 0.15) is 37.7 Å². The van der Waals surface area contributed by atoms with E-state index in [-0.39, 0.29) is 11.9 Å². The molecule has 0 aliphatic heterocycles. The van der Waals surface area contributed by atoms with E-state index in [0.29, 0.717) is 0 Å². The molecular weight excluding hydrogens is 355 g/mol. The van der Waals surface area contributed by atoms with Gasteiger partial charge in [0.1, 0.15) is 6.17 Å². The lowest BCUT2D eigenvalue weighted by atomic mass is 9.95. The summed E-state index contributed by atoms with van der Waals surface area (Å²) in [7, 11) is 0. The number of halogens is 3. The van der Waals surface area contributed by atoms with Crippen LogP contribution in [0.25, 0.3) is 6.08 Å². The van der Waals surface area contributed by atoms with Crippen molar-refractivity contribution < 1.29 is 4.79 Å². The lowest BCUT2D eigenvalue weighted by molar-refractivity contribution is -0.117. The molecule has 0 saturated heterocycles. The Labute approximate surface area is 152 Å². The predicted molar refractivity (Wildman–Crippen MR) is 97.7 cm³/mol. The molecule has 0 radical (unpaired) electrons. The zero-order valence-corrected chi connectivity index (χ0v) is 15.0. The van der Waals surface area contributed by atoms with Crippen molar-refractivity contribution in [3.63, 3.8) is 0 Å². The molecule has 1 aromatic carbocycles. The average Bonchev–Trinajstić information content (AvgIpc) is 2.53. The van der Waals surface area contributed by atoms with Crippen LogP contribution < -0.4 is 10.6 Å². The second-order valence-electron chi connectivity index (χ2n) is 5.73. The summed E-state index contributed by atoms with van der Waals surface area (Å²) in [5, 5.41) is 6.01. The van der Waals surface area contributed by atoms with Crippen molar-refractivity contribution in [3.05, 3.63) is 42.0 Å². The Hall–Kier alpha value is -0.740. The van der Waals surface area contributed by atoms with Crippen molar-refractivity contribution in [2.45, 2.75) is 48.1 Å². The first kappa shape index (κ1) is 18.6. The Balaban J connectivity index is 1.94. The van der Waals surface area contributed by atoms with E-state index >= 15 is 0 Å². The summed E-state index contributed by atoms with van der Waals surface area (Å²) < 4.78 is -1.60. The fourth-order valence-electron chi connectivity index (χ4n) is 2.65. The molecule has 1 atom stereocenters. The van der Waals surface area contributed by atoms with Crippen LogP contribution in [0.2, 0.25) is 0 Å². The standard InChI is InChI=1S/C17H21Cl3N2O/c18-17(19,20)16(21-14-9-5-2-6-10-14)22-15(23)12-11-13-7-3-1-4-8-13/h1,3-4,7-8,11-12,14,16,21H,2,5-6,9-10H2,(H,22,23)/b12-11+/t16-/m0/s1. The van der Waals surface area contributed by atoms with Gasteiger partial charge in [-0.2, -0.15) is 0 Å². The van der Waals surface area contributed by atoms with Crippen molar-refractivity contribution >= 4 is 46.8 Å². The first-order valence-electron chi connectivity index (χ1n) is 7.81. The van der Waals surface area contributed by atoms with Crippen molar-refractivity contribution in [1.29, 1.82) is 0 Å². The molecule has 0 spiro atoms. The Morgan fingerprint density at radius 3 is 2.39 bits per heavy atom. The SMILES string of the molecule is O=C(/C=C/c1ccccc1)N[C@H](NC1CCCCC1)C(Cl)(Cl)Cl. The number of amides is 1. The Bertz CT molecular complexity index is 522. The van der Waals surface area contributed by atoms with Gasteiger partial charge in [-0.05, 0) is 24.5 Å². The van der Waals surface area contributed by atoms with Crippen LogP contribution >= 0.6 is 34.8 Å². The maximum Gasteiger partial charge on any atom is 0.245 e. The highest BCUT2D eigenvalue weighted by Crippen LogP contribution is 2.30. The molecule has 126 valence electrons.